The Balaban J connectivity index is 1.25. The lowest BCUT2D eigenvalue weighted by atomic mass is 10.0. The molecule has 3 aromatic rings. The van der Waals surface area contributed by atoms with Gasteiger partial charge < -0.3 is 20.1 Å². The van der Waals surface area contributed by atoms with Crippen molar-refractivity contribution in [2.45, 2.75) is 38.1 Å². The maximum atomic E-state index is 12.9. The van der Waals surface area contributed by atoms with Gasteiger partial charge in [0.25, 0.3) is 0 Å². The minimum atomic E-state index is 0.210. The predicted molar refractivity (Wildman–Crippen MR) is 122 cm³/mol. The van der Waals surface area contributed by atoms with E-state index in [0.717, 1.165) is 61.7 Å². The van der Waals surface area contributed by atoms with Gasteiger partial charge in [0.1, 0.15) is 11.6 Å². The molecule has 0 spiro atoms. The van der Waals surface area contributed by atoms with E-state index in [4.69, 9.17) is 9.97 Å². The fraction of sp³-hybridized carbons (Fsp3) is 0.458. The summed E-state index contributed by atoms with van der Waals surface area (Å²) in [6.07, 6.45) is 5.23. The van der Waals surface area contributed by atoms with Gasteiger partial charge in [0.2, 0.25) is 5.91 Å². The highest BCUT2D eigenvalue weighted by Crippen LogP contribution is 2.30. The highest BCUT2D eigenvalue weighted by atomic mass is 16.2. The summed E-state index contributed by atoms with van der Waals surface area (Å²) in [6.45, 7) is 3.39. The lowest BCUT2D eigenvalue weighted by Gasteiger charge is -2.26. The molecule has 7 heteroatoms. The van der Waals surface area contributed by atoms with E-state index in [9.17, 15) is 4.79 Å². The number of H-pyrrole nitrogens is 1. The monoisotopic (exact) mass is 418 g/mol. The van der Waals surface area contributed by atoms with E-state index in [2.05, 4.69) is 34.4 Å². The van der Waals surface area contributed by atoms with Crippen molar-refractivity contribution in [2.75, 3.05) is 39.0 Å². The third kappa shape index (κ3) is 3.90. The number of hydrogen-bond acceptors (Lipinski definition) is 5. The third-order valence-corrected chi connectivity index (χ3v) is 6.70. The average molecular weight is 419 g/mol. The van der Waals surface area contributed by atoms with Gasteiger partial charge in [-0.1, -0.05) is 18.2 Å². The fourth-order valence-corrected chi connectivity index (χ4v) is 4.91. The van der Waals surface area contributed by atoms with Crippen LogP contribution in [0.1, 0.15) is 41.4 Å². The van der Waals surface area contributed by atoms with Gasteiger partial charge in [0, 0.05) is 68.2 Å². The molecule has 0 radical (unpaired) electrons. The Labute approximate surface area is 182 Å². The number of aryl methyl sites for hydroxylation is 1. The first-order valence-corrected chi connectivity index (χ1v) is 11.2. The molecule has 0 bridgehead atoms. The van der Waals surface area contributed by atoms with Crippen LogP contribution in [0.4, 0.5) is 5.82 Å². The minimum absolute atomic E-state index is 0.210. The van der Waals surface area contributed by atoms with E-state index >= 15 is 0 Å². The molecule has 2 N–H and O–H groups in total. The van der Waals surface area contributed by atoms with E-state index in [1.165, 1.54) is 16.5 Å². The number of nitrogens with one attached hydrogen (secondary N) is 2. The third-order valence-electron chi connectivity index (χ3n) is 6.70. The summed E-state index contributed by atoms with van der Waals surface area (Å²) in [5.74, 6) is 2.27. The van der Waals surface area contributed by atoms with Crippen LogP contribution in [0, 0.1) is 0 Å². The Morgan fingerprint density at radius 3 is 3.00 bits per heavy atom. The van der Waals surface area contributed by atoms with Crippen LogP contribution < -0.4 is 5.32 Å². The number of likely N-dealkylation sites (tertiary alicyclic amines) is 1. The number of hydrogen-bond donors (Lipinski definition) is 2. The normalized spacial score (nSPS) is 19.0. The Morgan fingerprint density at radius 1 is 1.26 bits per heavy atom. The molecular weight excluding hydrogens is 388 g/mol. The Bertz CT molecular complexity index is 1110. The van der Waals surface area contributed by atoms with Crippen LogP contribution in [0.25, 0.3) is 10.9 Å². The number of para-hydroxylation sites is 1. The molecule has 5 rings (SSSR count). The molecule has 0 saturated carbocycles. The molecule has 2 aliphatic rings. The maximum Gasteiger partial charge on any atom is 0.222 e. The molecule has 1 amide bonds. The van der Waals surface area contributed by atoms with Crippen LogP contribution in [-0.4, -0.2) is 64.4 Å². The fourth-order valence-electron chi connectivity index (χ4n) is 4.91. The molecule has 0 aliphatic carbocycles. The van der Waals surface area contributed by atoms with Gasteiger partial charge in [-0.3, -0.25) is 4.79 Å². The van der Waals surface area contributed by atoms with Gasteiger partial charge in [-0.2, -0.15) is 0 Å². The molecular formula is C24H30N6O. The maximum absolute atomic E-state index is 12.9. The van der Waals surface area contributed by atoms with Crippen molar-refractivity contribution >= 4 is 22.6 Å². The minimum Gasteiger partial charge on any atom is -0.373 e. The number of amides is 1. The van der Waals surface area contributed by atoms with Crippen LogP contribution in [-0.2, 0) is 24.2 Å². The van der Waals surface area contributed by atoms with Crippen molar-refractivity contribution in [3.63, 3.8) is 0 Å². The van der Waals surface area contributed by atoms with E-state index in [-0.39, 0.29) is 11.8 Å². The average Bonchev–Trinajstić information content (AvgIpc) is 3.44. The lowest BCUT2D eigenvalue weighted by Crippen LogP contribution is -2.30. The highest BCUT2D eigenvalue weighted by molar-refractivity contribution is 5.84. The molecule has 7 nitrogen and oxygen atoms in total. The summed E-state index contributed by atoms with van der Waals surface area (Å²) in [5.41, 5.74) is 4.71. The first kappa shape index (κ1) is 20.0. The molecule has 2 aromatic heterocycles. The van der Waals surface area contributed by atoms with E-state index in [1.54, 1.807) is 0 Å². The van der Waals surface area contributed by atoms with Gasteiger partial charge in [-0.15, -0.1) is 0 Å². The molecule has 31 heavy (non-hydrogen) atoms. The first-order valence-electron chi connectivity index (χ1n) is 11.2. The number of carbonyl (C=O) groups excluding carboxylic acids is 1. The number of nitrogens with zero attached hydrogens (tertiary/aromatic N) is 4. The van der Waals surface area contributed by atoms with Crippen molar-refractivity contribution in [3.8, 4) is 0 Å². The van der Waals surface area contributed by atoms with Crippen LogP contribution in [0.5, 0.6) is 0 Å². The number of anilines is 1. The van der Waals surface area contributed by atoms with Gasteiger partial charge in [0.15, 0.2) is 0 Å². The number of rotatable bonds is 5. The highest BCUT2D eigenvalue weighted by Gasteiger charge is 2.31. The van der Waals surface area contributed by atoms with Crippen LogP contribution in [0.2, 0.25) is 0 Å². The van der Waals surface area contributed by atoms with E-state index in [1.807, 2.05) is 30.3 Å². The predicted octanol–water partition coefficient (Wildman–Crippen LogP) is 2.94. The Hall–Kier alpha value is -2.93. The van der Waals surface area contributed by atoms with Crippen LogP contribution in [0.3, 0.4) is 0 Å². The number of aromatic nitrogens is 3. The standard InChI is InChI=1S/C24H30N6O/c1-25-24-19-10-11-29(2)15-21(19)27-23(28-24)17-9-12-30(14-17)22(31)8-7-16-13-26-20-6-4-3-5-18(16)20/h3-6,13,17,26H,7-12,14-15H2,1-2H3,(H,25,27,28). The van der Waals surface area contributed by atoms with Gasteiger partial charge in [0.05, 0.1) is 5.69 Å². The van der Waals surface area contributed by atoms with Gasteiger partial charge in [-0.05, 0) is 37.9 Å². The van der Waals surface area contributed by atoms with Crippen LogP contribution in [0.15, 0.2) is 30.5 Å². The largest absolute Gasteiger partial charge is 0.373 e. The quantitative estimate of drug-likeness (QED) is 0.666. The number of likely N-dealkylation sites (N-methyl/N-ethyl adjacent to an activating group) is 1. The molecule has 1 saturated heterocycles. The van der Waals surface area contributed by atoms with Gasteiger partial charge in [-0.25, -0.2) is 9.97 Å². The van der Waals surface area contributed by atoms with Crippen molar-refractivity contribution in [3.05, 3.63) is 53.1 Å². The number of fused-ring (bicyclic) bond motifs is 2. The number of aromatic amines is 1. The molecule has 1 unspecified atom stereocenters. The molecule has 1 atom stereocenters. The molecule has 4 heterocycles. The summed E-state index contributed by atoms with van der Waals surface area (Å²) in [6, 6.07) is 8.25. The zero-order chi connectivity index (χ0) is 21.4. The summed E-state index contributed by atoms with van der Waals surface area (Å²) in [5, 5.41) is 4.47. The molecule has 1 aromatic carbocycles. The number of carbonyl (C=O) groups is 1. The zero-order valence-electron chi connectivity index (χ0n) is 18.3. The topological polar surface area (TPSA) is 77.1 Å². The van der Waals surface area contributed by atoms with Crippen molar-refractivity contribution in [1.29, 1.82) is 0 Å². The lowest BCUT2D eigenvalue weighted by molar-refractivity contribution is -0.130. The summed E-state index contributed by atoms with van der Waals surface area (Å²) in [7, 11) is 4.06. The van der Waals surface area contributed by atoms with Gasteiger partial charge >= 0.3 is 0 Å². The molecule has 1 fully saturated rings. The summed E-state index contributed by atoms with van der Waals surface area (Å²) < 4.78 is 0. The molecule has 162 valence electrons. The molecule has 2 aliphatic heterocycles. The Morgan fingerprint density at radius 2 is 2.13 bits per heavy atom. The first-order chi connectivity index (χ1) is 15.1. The van der Waals surface area contributed by atoms with Crippen molar-refractivity contribution in [1.82, 2.24) is 24.8 Å². The summed E-state index contributed by atoms with van der Waals surface area (Å²) >= 11 is 0. The SMILES string of the molecule is CNc1nc(C2CCN(C(=O)CCc3c[nH]c4ccccc34)C2)nc2c1CCN(C)C2. The number of benzene rings is 1. The van der Waals surface area contributed by atoms with E-state index in [0.29, 0.717) is 13.0 Å². The van der Waals surface area contributed by atoms with Crippen LogP contribution >= 0.6 is 0 Å². The summed E-state index contributed by atoms with van der Waals surface area (Å²) in [4.78, 5) is 30.3. The zero-order valence-corrected chi connectivity index (χ0v) is 18.3. The second-order valence-corrected chi connectivity index (χ2v) is 8.78. The Kier molecular flexibility index (Phi) is 5.36. The smallest absolute Gasteiger partial charge is 0.222 e. The van der Waals surface area contributed by atoms with Crippen molar-refractivity contribution in [2.24, 2.45) is 0 Å². The second-order valence-electron chi connectivity index (χ2n) is 8.78. The van der Waals surface area contributed by atoms with E-state index < -0.39 is 0 Å². The van der Waals surface area contributed by atoms with Crippen molar-refractivity contribution < 1.29 is 4.79 Å². The second kappa shape index (κ2) is 8.30.